The van der Waals surface area contributed by atoms with Crippen LogP contribution in [0.3, 0.4) is 0 Å². The number of benzene rings is 1. The van der Waals surface area contributed by atoms with Gasteiger partial charge in [-0.15, -0.1) is 11.3 Å². The number of allylic oxidation sites excluding steroid dienone is 2. The maximum absolute atomic E-state index is 12.6. The van der Waals surface area contributed by atoms with Gasteiger partial charge in [0.1, 0.15) is 0 Å². The monoisotopic (exact) mass is 314 g/mol. The van der Waals surface area contributed by atoms with E-state index in [9.17, 15) is 4.79 Å². The Balaban J connectivity index is 1.86. The Morgan fingerprint density at radius 1 is 1.00 bits per heavy atom. The van der Waals surface area contributed by atoms with Crippen LogP contribution in [-0.2, 0) is 4.79 Å². The summed E-state index contributed by atoms with van der Waals surface area (Å²) >= 11 is 7.55. The van der Waals surface area contributed by atoms with Crippen molar-refractivity contribution >= 4 is 40.9 Å². The maximum Gasteiger partial charge on any atom is 0.185 e. The first-order chi connectivity index (χ1) is 10.2. The Kier molecular flexibility index (Phi) is 4.37. The number of hydrogen-bond acceptors (Lipinski definition) is 2. The van der Waals surface area contributed by atoms with Crippen LogP contribution >= 0.6 is 22.9 Å². The van der Waals surface area contributed by atoms with Crippen LogP contribution in [0.25, 0.3) is 12.2 Å². The second-order valence-electron chi connectivity index (χ2n) is 5.09. The summed E-state index contributed by atoms with van der Waals surface area (Å²) < 4.78 is 0. The second kappa shape index (κ2) is 6.42. The van der Waals surface area contributed by atoms with Gasteiger partial charge in [0.05, 0.1) is 0 Å². The van der Waals surface area contributed by atoms with E-state index in [1.54, 1.807) is 11.3 Å². The number of halogens is 1. The zero-order valence-electron chi connectivity index (χ0n) is 11.5. The summed E-state index contributed by atoms with van der Waals surface area (Å²) in [5, 5.41) is 2.75. The molecule has 3 rings (SSSR count). The van der Waals surface area contributed by atoms with Crippen molar-refractivity contribution in [1.29, 1.82) is 0 Å². The third kappa shape index (κ3) is 3.52. The molecule has 1 aromatic heterocycles. The van der Waals surface area contributed by atoms with Crippen molar-refractivity contribution in [1.82, 2.24) is 0 Å². The van der Waals surface area contributed by atoms with E-state index in [-0.39, 0.29) is 5.78 Å². The Morgan fingerprint density at radius 2 is 1.71 bits per heavy atom. The molecule has 0 N–H and O–H groups in total. The molecule has 1 aliphatic carbocycles. The molecule has 21 heavy (non-hydrogen) atoms. The van der Waals surface area contributed by atoms with Gasteiger partial charge in [0.15, 0.2) is 5.78 Å². The van der Waals surface area contributed by atoms with Crippen molar-refractivity contribution in [3.8, 4) is 0 Å². The van der Waals surface area contributed by atoms with E-state index >= 15 is 0 Å². The lowest BCUT2D eigenvalue weighted by molar-refractivity contribution is -0.112. The van der Waals surface area contributed by atoms with Gasteiger partial charge in [0.25, 0.3) is 0 Å². The van der Waals surface area contributed by atoms with Crippen LogP contribution in [0, 0.1) is 0 Å². The molecule has 3 heteroatoms. The molecule has 1 aromatic carbocycles. The molecule has 0 aliphatic heterocycles. The first kappa shape index (κ1) is 14.3. The maximum atomic E-state index is 12.6. The van der Waals surface area contributed by atoms with Gasteiger partial charge in [0, 0.05) is 21.0 Å². The second-order valence-corrected chi connectivity index (χ2v) is 6.50. The minimum atomic E-state index is 0.185. The highest BCUT2D eigenvalue weighted by molar-refractivity contribution is 7.10. The number of hydrogen-bond donors (Lipinski definition) is 0. The van der Waals surface area contributed by atoms with E-state index in [0.717, 1.165) is 40.8 Å². The lowest BCUT2D eigenvalue weighted by atomic mass is 9.87. The third-order valence-corrected chi connectivity index (χ3v) is 4.62. The van der Waals surface area contributed by atoms with Crippen LogP contribution < -0.4 is 0 Å². The highest BCUT2D eigenvalue weighted by Crippen LogP contribution is 2.29. The summed E-state index contributed by atoms with van der Waals surface area (Å²) in [5.41, 5.74) is 2.84. The van der Waals surface area contributed by atoms with Crippen LogP contribution in [0.2, 0.25) is 5.02 Å². The van der Waals surface area contributed by atoms with E-state index in [0.29, 0.717) is 5.02 Å². The van der Waals surface area contributed by atoms with Gasteiger partial charge >= 0.3 is 0 Å². The summed E-state index contributed by atoms with van der Waals surface area (Å²) in [6, 6.07) is 11.6. The first-order valence-electron chi connectivity index (χ1n) is 6.97. The molecule has 1 nitrogen and oxygen atoms in total. The van der Waals surface area contributed by atoms with Crippen molar-refractivity contribution in [2.24, 2.45) is 0 Å². The van der Waals surface area contributed by atoms with Crippen LogP contribution in [-0.4, -0.2) is 5.78 Å². The normalized spacial score (nSPS) is 19.4. The van der Waals surface area contributed by atoms with Gasteiger partial charge in [-0.25, -0.2) is 0 Å². The Hall–Kier alpha value is -1.64. The highest BCUT2D eigenvalue weighted by Gasteiger charge is 2.20. The zero-order valence-corrected chi connectivity index (χ0v) is 13.1. The van der Waals surface area contributed by atoms with Gasteiger partial charge in [0.2, 0.25) is 0 Å². The molecule has 2 aromatic rings. The molecule has 1 fully saturated rings. The van der Waals surface area contributed by atoms with Crippen LogP contribution in [0.15, 0.2) is 52.9 Å². The van der Waals surface area contributed by atoms with Crippen LogP contribution in [0.5, 0.6) is 0 Å². The van der Waals surface area contributed by atoms with Gasteiger partial charge in [-0.1, -0.05) is 29.8 Å². The lowest BCUT2D eigenvalue weighted by Crippen LogP contribution is -2.12. The minimum absolute atomic E-state index is 0.185. The topological polar surface area (TPSA) is 17.1 Å². The number of rotatable bonds is 2. The summed E-state index contributed by atoms with van der Waals surface area (Å²) in [4.78, 5) is 13.7. The zero-order chi connectivity index (χ0) is 14.7. The fourth-order valence-corrected chi connectivity index (χ4v) is 3.29. The average molecular weight is 315 g/mol. The number of ketones is 1. The van der Waals surface area contributed by atoms with Crippen LogP contribution in [0.1, 0.15) is 29.7 Å². The average Bonchev–Trinajstić information content (AvgIpc) is 2.99. The Morgan fingerprint density at radius 3 is 2.38 bits per heavy atom. The molecule has 0 amide bonds. The van der Waals surface area contributed by atoms with Gasteiger partial charge in [-0.2, -0.15) is 0 Å². The molecule has 0 bridgehead atoms. The molecular weight excluding hydrogens is 300 g/mol. The molecule has 0 atom stereocenters. The summed E-state index contributed by atoms with van der Waals surface area (Å²) in [7, 11) is 0. The van der Waals surface area contributed by atoms with Gasteiger partial charge < -0.3 is 0 Å². The highest BCUT2D eigenvalue weighted by atomic mass is 35.5. The fourth-order valence-electron chi connectivity index (χ4n) is 2.48. The number of carbonyl (C=O) groups is 1. The van der Waals surface area contributed by atoms with E-state index in [1.807, 2.05) is 53.9 Å². The molecule has 0 saturated heterocycles. The van der Waals surface area contributed by atoms with Crippen molar-refractivity contribution in [2.75, 3.05) is 0 Å². The van der Waals surface area contributed by atoms with Gasteiger partial charge in [-0.05, 0) is 60.6 Å². The fraction of sp³-hybridized carbons (Fsp3) is 0.167. The predicted molar refractivity (Wildman–Crippen MR) is 90.6 cm³/mol. The molecule has 1 aliphatic rings. The smallest absolute Gasteiger partial charge is 0.185 e. The molecule has 106 valence electrons. The van der Waals surface area contributed by atoms with Crippen molar-refractivity contribution < 1.29 is 4.79 Å². The first-order valence-corrected chi connectivity index (χ1v) is 8.23. The number of Topliss-reactive ketones (excluding diaryl/α,β-unsaturated/α-hetero) is 1. The SMILES string of the molecule is O=C1/C(=C\c2cccs2)CCC/C1=C\c1ccc(Cl)cc1. The third-order valence-electron chi connectivity index (χ3n) is 3.55. The van der Waals surface area contributed by atoms with Crippen molar-refractivity contribution in [3.63, 3.8) is 0 Å². The van der Waals surface area contributed by atoms with E-state index in [2.05, 4.69) is 0 Å². The van der Waals surface area contributed by atoms with Gasteiger partial charge in [-0.3, -0.25) is 4.79 Å². The van der Waals surface area contributed by atoms with Crippen molar-refractivity contribution in [3.05, 3.63) is 68.4 Å². The summed E-state index contributed by atoms with van der Waals surface area (Å²) in [6.45, 7) is 0. The van der Waals surface area contributed by atoms with E-state index in [4.69, 9.17) is 11.6 Å². The van der Waals surface area contributed by atoms with Crippen molar-refractivity contribution in [2.45, 2.75) is 19.3 Å². The standard InChI is InChI=1S/C18H15ClOS/c19-16-8-6-13(7-9-16)11-14-3-1-4-15(18(14)20)12-17-5-2-10-21-17/h2,5-12H,1,3-4H2/b14-11+,15-12-. The molecular formula is C18H15ClOS. The predicted octanol–water partition coefficient (Wildman–Crippen LogP) is 5.62. The summed E-state index contributed by atoms with van der Waals surface area (Å²) in [6.07, 6.45) is 6.77. The Bertz CT molecular complexity index is 693. The molecule has 0 radical (unpaired) electrons. The summed E-state index contributed by atoms with van der Waals surface area (Å²) in [5.74, 6) is 0.185. The number of carbonyl (C=O) groups excluding carboxylic acids is 1. The Labute approximate surface area is 133 Å². The quantitative estimate of drug-likeness (QED) is 0.657. The van der Waals surface area contributed by atoms with E-state index < -0.39 is 0 Å². The molecule has 1 heterocycles. The molecule has 1 saturated carbocycles. The number of thiophene rings is 1. The van der Waals surface area contributed by atoms with E-state index in [1.165, 1.54) is 0 Å². The largest absolute Gasteiger partial charge is 0.289 e. The van der Waals surface area contributed by atoms with Crippen LogP contribution in [0.4, 0.5) is 0 Å². The minimum Gasteiger partial charge on any atom is -0.289 e. The molecule has 0 unspecified atom stereocenters. The molecule has 0 spiro atoms. The lowest BCUT2D eigenvalue weighted by Gasteiger charge is -2.16.